The highest BCUT2D eigenvalue weighted by atomic mass is 127. The lowest BCUT2D eigenvalue weighted by molar-refractivity contribution is -0.141. The van der Waals surface area contributed by atoms with Gasteiger partial charge in [-0.1, -0.05) is 26.0 Å². The van der Waals surface area contributed by atoms with E-state index in [1.807, 2.05) is 26.0 Å². The van der Waals surface area contributed by atoms with E-state index < -0.39 is 57.7 Å². The molecule has 0 bridgehead atoms. The predicted octanol–water partition coefficient (Wildman–Crippen LogP) is 3.48. The predicted molar refractivity (Wildman–Crippen MR) is 179 cm³/mol. The van der Waals surface area contributed by atoms with Crippen molar-refractivity contribution >= 4 is 74.3 Å². The number of aromatic nitrogens is 2. The Bertz CT molecular complexity index is 1640. The van der Waals surface area contributed by atoms with E-state index in [1.54, 1.807) is 12.1 Å². The quantitative estimate of drug-likeness (QED) is 0.117. The molecule has 0 saturated heterocycles. The van der Waals surface area contributed by atoms with Gasteiger partial charge in [-0.3, -0.25) is 19.1 Å². The summed E-state index contributed by atoms with van der Waals surface area (Å²) in [6.45, 7) is 3.79. The third kappa shape index (κ3) is 10.4. The topological polar surface area (TPSA) is 165 Å². The van der Waals surface area contributed by atoms with Gasteiger partial charge in [0, 0.05) is 22.8 Å². The summed E-state index contributed by atoms with van der Waals surface area (Å²) in [5, 5.41) is 8.58. The number of aryl methyl sites for hydroxylation is 1. The molecule has 5 N–H and O–H groups in total. The summed E-state index contributed by atoms with van der Waals surface area (Å²) in [6, 6.07) is 6.96. The second-order valence-electron chi connectivity index (χ2n) is 10.8. The fraction of sp³-hybridized carbons (Fsp3) is 0.429. The molecule has 18 heteroatoms. The normalized spacial score (nSPS) is 14.1. The molecule has 11 nitrogen and oxygen atoms in total. The molecule has 0 radical (unpaired) electrons. The van der Waals surface area contributed by atoms with E-state index in [2.05, 4.69) is 55.7 Å². The number of nitrogens with zero attached hydrogens (tertiary/aromatic N) is 2. The Hall–Kier alpha value is -2.68. The molecule has 3 atom stereocenters. The van der Waals surface area contributed by atoms with Gasteiger partial charge in [0.05, 0.1) is 10.6 Å². The minimum absolute atomic E-state index is 0.0229. The molecule has 252 valence electrons. The maximum atomic E-state index is 13.6. The van der Waals surface area contributed by atoms with Crippen LogP contribution in [0, 0.1) is 9.49 Å². The number of sulfonamides is 1. The lowest BCUT2D eigenvalue weighted by Gasteiger charge is -2.25. The van der Waals surface area contributed by atoms with Crippen molar-refractivity contribution in [2.24, 2.45) is 18.7 Å². The van der Waals surface area contributed by atoms with Gasteiger partial charge in [0.1, 0.15) is 22.3 Å². The lowest BCUT2D eigenvalue weighted by Crippen LogP contribution is -2.57. The first-order valence-electron chi connectivity index (χ1n) is 13.9. The van der Waals surface area contributed by atoms with Crippen molar-refractivity contribution in [1.29, 1.82) is 0 Å². The van der Waals surface area contributed by atoms with Crippen molar-refractivity contribution in [2.45, 2.75) is 61.6 Å². The SMILES string of the molecule is CC(C)CC[C@H](NS(=O)(=O)c1ccc(-c2cc(C(F)(F)F)nn2C)s1)C(=O)N[C@@H](Cc1ccc(I)cc1)C(=O)N[C@@H](CS)C(N)=O. The molecule has 0 spiro atoms. The molecule has 0 aliphatic carbocycles. The maximum Gasteiger partial charge on any atom is 0.435 e. The number of nitrogens with one attached hydrogen (secondary N) is 3. The molecule has 2 aromatic heterocycles. The van der Waals surface area contributed by atoms with E-state index in [-0.39, 0.29) is 39.3 Å². The number of thiophene rings is 1. The number of carbonyl (C=O) groups is 3. The molecule has 0 aliphatic rings. The Labute approximate surface area is 287 Å². The van der Waals surface area contributed by atoms with Gasteiger partial charge >= 0.3 is 6.18 Å². The average molecular weight is 815 g/mol. The smallest absolute Gasteiger partial charge is 0.368 e. The minimum atomic E-state index is -4.68. The molecule has 2 heterocycles. The monoisotopic (exact) mass is 814 g/mol. The maximum absolute atomic E-state index is 13.6. The zero-order chi connectivity index (χ0) is 34.4. The summed E-state index contributed by atoms with van der Waals surface area (Å²) < 4.78 is 70.6. The summed E-state index contributed by atoms with van der Waals surface area (Å²) in [5.74, 6) is -2.30. The highest BCUT2D eigenvalue weighted by Crippen LogP contribution is 2.35. The van der Waals surface area contributed by atoms with Gasteiger partial charge < -0.3 is 16.4 Å². The second kappa shape index (κ2) is 15.9. The van der Waals surface area contributed by atoms with Gasteiger partial charge in [0.25, 0.3) is 10.0 Å². The second-order valence-corrected chi connectivity index (χ2v) is 15.5. The zero-order valence-corrected chi connectivity index (χ0v) is 29.7. The Balaban J connectivity index is 1.88. The summed E-state index contributed by atoms with van der Waals surface area (Å²) >= 11 is 6.89. The first-order valence-corrected chi connectivity index (χ1v) is 17.9. The van der Waals surface area contributed by atoms with E-state index in [4.69, 9.17) is 5.73 Å². The number of nitrogens with two attached hydrogens (primary N) is 1. The number of halogens is 4. The lowest BCUT2D eigenvalue weighted by atomic mass is 10.0. The van der Waals surface area contributed by atoms with Crippen LogP contribution >= 0.6 is 46.6 Å². The molecule has 46 heavy (non-hydrogen) atoms. The van der Waals surface area contributed by atoms with E-state index in [0.29, 0.717) is 23.3 Å². The molecular formula is C28H34F3IN6O5S3. The standard InChI is InChI=1S/C28H34F3IN6O5S3/c1-15(2)4-9-18(37-46(42,43)24-11-10-22(45-24)21-13-23(28(29,30)31)36-38(21)3)26(40)34-19(12-16-5-7-17(32)8-6-16)27(41)35-20(14-44)25(33)39/h5-8,10-11,13,15,18-20,37,44H,4,9,12,14H2,1-3H3,(H2,33,39)(H,34,40)(H,35,41)/t18-,19-,20-/m0/s1. The number of amides is 3. The van der Waals surface area contributed by atoms with Crippen LogP contribution in [0.3, 0.4) is 0 Å². The Kier molecular flexibility index (Phi) is 13.1. The number of primary amides is 1. The highest BCUT2D eigenvalue weighted by molar-refractivity contribution is 14.1. The van der Waals surface area contributed by atoms with Crippen LogP contribution < -0.4 is 21.1 Å². The van der Waals surface area contributed by atoms with Crippen LogP contribution in [0.1, 0.15) is 37.9 Å². The summed E-state index contributed by atoms with van der Waals surface area (Å²) in [6.07, 6.45) is -4.13. The molecule has 1 aromatic carbocycles. The minimum Gasteiger partial charge on any atom is -0.368 e. The van der Waals surface area contributed by atoms with Crippen molar-refractivity contribution in [3.63, 3.8) is 0 Å². The third-order valence-electron chi connectivity index (χ3n) is 6.74. The Morgan fingerprint density at radius 2 is 1.63 bits per heavy atom. The van der Waals surface area contributed by atoms with Crippen LogP contribution in [0.25, 0.3) is 10.6 Å². The molecule has 0 unspecified atom stereocenters. The van der Waals surface area contributed by atoms with Gasteiger partial charge in [-0.05, 0) is 77.2 Å². The largest absolute Gasteiger partial charge is 0.435 e. The van der Waals surface area contributed by atoms with Crippen molar-refractivity contribution in [3.8, 4) is 10.6 Å². The van der Waals surface area contributed by atoms with Crippen LogP contribution in [0.2, 0.25) is 0 Å². The summed E-state index contributed by atoms with van der Waals surface area (Å²) in [7, 11) is -3.03. The number of thiol groups is 1. The van der Waals surface area contributed by atoms with Crippen molar-refractivity contribution in [2.75, 3.05) is 5.75 Å². The van der Waals surface area contributed by atoms with Gasteiger partial charge in [-0.25, -0.2) is 8.42 Å². The van der Waals surface area contributed by atoms with Crippen molar-refractivity contribution in [1.82, 2.24) is 25.1 Å². The number of hydrogen-bond donors (Lipinski definition) is 5. The van der Waals surface area contributed by atoms with Gasteiger partial charge in [0.2, 0.25) is 17.7 Å². The van der Waals surface area contributed by atoms with E-state index in [0.717, 1.165) is 14.3 Å². The fourth-order valence-electron chi connectivity index (χ4n) is 4.24. The highest BCUT2D eigenvalue weighted by Gasteiger charge is 2.35. The van der Waals surface area contributed by atoms with E-state index >= 15 is 0 Å². The number of rotatable bonds is 15. The first-order chi connectivity index (χ1) is 21.4. The van der Waals surface area contributed by atoms with Crippen molar-refractivity contribution < 1.29 is 36.0 Å². The molecule has 0 saturated carbocycles. The van der Waals surface area contributed by atoms with Gasteiger partial charge in [0.15, 0.2) is 5.69 Å². The number of hydrogen-bond acceptors (Lipinski definition) is 8. The first kappa shape index (κ1) is 37.8. The number of alkyl halides is 3. The zero-order valence-electron chi connectivity index (χ0n) is 25.0. The average Bonchev–Trinajstić information content (AvgIpc) is 3.61. The molecule has 3 amide bonds. The summed E-state index contributed by atoms with van der Waals surface area (Å²) in [5.41, 5.74) is 4.99. The molecule has 0 fully saturated rings. The molecule has 3 rings (SSSR count). The number of benzene rings is 1. The molecular weight excluding hydrogens is 780 g/mol. The van der Waals surface area contributed by atoms with E-state index in [9.17, 15) is 36.0 Å². The van der Waals surface area contributed by atoms with Crippen LogP contribution in [0.4, 0.5) is 13.2 Å². The summed E-state index contributed by atoms with van der Waals surface area (Å²) in [4.78, 5) is 38.9. The fourth-order valence-corrected chi connectivity index (χ4v) is 7.48. The van der Waals surface area contributed by atoms with Crippen LogP contribution in [0.15, 0.2) is 46.7 Å². The van der Waals surface area contributed by atoms with Crippen LogP contribution in [-0.4, -0.2) is 59.8 Å². The Morgan fingerprint density at radius 1 is 1.02 bits per heavy atom. The number of carbonyl (C=O) groups excluding carboxylic acids is 3. The molecule has 0 aliphatic heterocycles. The van der Waals surface area contributed by atoms with E-state index in [1.165, 1.54) is 19.2 Å². The van der Waals surface area contributed by atoms with Crippen LogP contribution in [-0.2, 0) is 44.1 Å². The van der Waals surface area contributed by atoms with Crippen LogP contribution in [0.5, 0.6) is 0 Å². The third-order valence-corrected chi connectivity index (χ3v) is 10.9. The van der Waals surface area contributed by atoms with Crippen molar-refractivity contribution in [3.05, 3.63) is 57.3 Å². The Morgan fingerprint density at radius 3 is 2.17 bits per heavy atom. The molecule has 3 aromatic rings. The van der Waals surface area contributed by atoms with Gasteiger partial charge in [-0.15, -0.1) is 11.3 Å². The van der Waals surface area contributed by atoms with Gasteiger partial charge in [-0.2, -0.15) is 35.6 Å².